The van der Waals surface area contributed by atoms with Crippen molar-refractivity contribution in [3.63, 3.8) is 0 Å². The van der Waals surface area contributed by atoms with E-state index in [1.165, 1.54) is 32.1 Å². The molecule has 3 heteroatoms. The number of halogens is 1. The zero-order valence-corrected chi connectivity index (χ0v) is 11.4. The summed E-state index contributed by atoms with van der Waals surface area (Å²) in [5.74, 6) is 0.770. The number of hydrogen-bond donors (Lipinski definition) is 1. The van der Waals surface area contributed by atoms with Gasteiger partial charge in [0.15, 0.2) is 0 Å². The molecule has 2 nitrogen and oxygen atoms in total. The lowest BCUT2D eigenvalue weighted by atomic mass is 9.91. The van der Waals surface area contributed by atoms with Gasteiger partial charge in [-0.05, 0) is 49.8 Å². The van der Waals surface area contributed by atoms with Crippen LogP contribution < -0.4 is 5.73 Å². The van der Waals surface area contributed by atoms with Gasteiger partial charge in [-0.2, -0.15) is 0 Å². The fourth-order valence-corrected chi connectivity index (χ4v) is 3.85. The van der Waals surface area contributed by atoms with E-state index in [1.807, 2.05) is 6.07 Å². The third kappa shape index (κ3) is 2.67. The molecule has 0 radical (unpaired) electrons. The molecule has 1 aromatic carbocycles. The average molecular weight is 262 g/mol. The van der Waals surface area contributed by atoms with Gasteiger partial charge in [-0.25, -0.2) is 4.39 Å². The zero-order chi connectivity index (χ0) is 13.2. The molecule has 1 saturated carbocycles. The molecule has 1 aliphatic heterocycles. The largest absolute Gasteiger partial charge is 0.326 e. The van der Waals surface area contributed by atoms with Gasteiger partial charge in [0, 0.05) is 24.7 Å². The summed E-state index contributed by atoms with van der Waals surface area (Å²) in [4.78, 5) is 2.50. The Morgan fingerprint density at radius 3 is 2.89 bits per heavy atom. The van der Waals surface area contributed by atoms with Crippen LogP contribution in [0.5, 0.6) is 0 Å². The normalized spacial score (nSPS) is 27.5. The van der Waals surface area contributed by atoms with Crippen LogP contribution in [0.3, 0.4) is 0 Å². The van der Waals surface area contributed by atoms with Crippen molar-refractivity contribution >= 4 is 0 Å². The third-order valence-corrected chi connectivity index (χ3v) is 4.83. The topological polar surface area (TPSA) is 29.3 Å². The third-order valence-electron chi connectivity index (χ3n) is 4.83. The van der Waals surface area contributed by atoms with Crippen LogP contribution in [0.15, 0.2) is 18.2 Å². The van der Waals surface area contributed by atoms with Crippen LogP contribution in [0, 0.1) is 11.7 Å². The molecule has 2 fully saturated rings. The number of hydrogen-bond acceptors (Lipinski definition) is 2. The molecule has 1 saturated heterocycles. The predicted octanol–water partition coefficient (Wildman–Crippen LogP) is 3.05. The highest BCUT2D eigenvalue weighted by Crippen LogP contribution is 2.37. The summed E-state index contributed by atoms with van der Waals surface area (Å²) in [5, 5.41) is 0. The van der Waals surface area contributed by atoms with Crippen LogP contribution >= 0.6 is 0 Å². The molecule has 0 aromatic heterocycles. The standard InChI is InChI=1S/C16H23FN2/c17-15-7-6-12(10-18)9-14(15)11-19-8-2-4-13-3-1-5-16(13)19/h6-7,9,13,16H,1-5,8,10-11,18H2. The zero-order valence-electron chi connectivity index (χ0n) is 11.4. The second-order valence-electron chi connectivity index (χ2n) is 6.00. The predicted molar refractivity (Wildman–Crippen MR) is 75.1 cm³/mol. The first kappa shape index (κ1) is 13.1. The Bertz CT molecular complexity index is 446. The van der Waals surface area contributed by atoms with E-state index in [0.717, 1.165) is 30.1 Å². The fourth-order valence-electron chi connectivity index (χ4n) is 3.85. The number of rotatable bonds is 3. The van der Waals surface area contributed by atoms with Crippen LogP contribution in [0.25, 0.3) is 0 Å². The Morgan fingerprint density at radius 2 is 2.05 bits per heavy atom. The van der Waals surface area contributed by atoms with Gasteiger partial charge in [0.2, 0.25) is 0 Å². The summed E-state index contributed by atoms with van der Waals surface area (Å²) in [5.41, 5.74) is 7.49. The van der Waals surface area contributed by atoms with E-state index < -0.39 is 0 Å². The van der Waals surface area contributed by atoms with Gasteiger partial charge in [-0.15, -0.1) is 0 Å². The Labute approximate surface area is 114 Å². The summed E-state index contributed by atoms with van der Waals surface area (Å²) >= 11 is 0. The van der Waals surface area contributed by atoms with Gasteiger partial charge in [0.1, 0.15) is 5.82 Å². The minimum absolute atomic E-state index is 0.0858. The smallest absolute Gasteiger partial charge is 0.127 e. The molecular formula is C16H23FN2. The van der Waals surface area contributed by atoms with Crippen molar-refractivity contribution in [2.45, 2.75) is 51.2 Å². The maximum absolute atomic E-state index is 13.9. The van der Waals surface area contributed by atoms with Gasteiger partial charge >= 0.3 is 0 Å². The average Bonchev–Trinajstić information content (AvgIpc) is 2.90. The number of fused-ring (bicyclic) bond motifs is 1. The van der Waals surface area contributed by atoms with Gasteiger partial charge in [0.25, 0.3) is 0 Å². The van der Waals surface area contributed by atoms with Crippen molar-refractivity contribution in [2.24, 2.45) is 11.7 Å². The number of benzene rings is 1. The van der Waals surface area contributed by atoms with Crippen molar-refractivity contribution in [1.29, 1.82) is 0 Å². The Kier molecular flexibility index (Phi) is 3.85. The lowest BCUT2D eigenvalue weighted by molar-refractivity contribution is 0.104. The quantitative estimate of drug-likeness (QED) is 0.907. The fraction of sp³-hybridized carbons (Fsp3) is 0.625. The second-order valence-corrected chi connectivity index (χ2v) is 6.00. The lowest BCUT2D eigenvalue weighted by Gasteiger charge is -2.37. The van der Waals surface area contributed by atoms with Crippen LogP contribution in [-0.2, 0) is 13.1 Å². The summed E-state index contributed by atoms with van der Waals surface area (Å²) in [7, 11) is 0. The second kappa shape index (κ2) is 5.59. The monoisotopic (exact) mass is 262 g/mol. The molecule has 0 amide bonds. The number of nitrogens with zero attached hydrogens (tertiary/aromatic N) is 1. The minimum Gasteiger partial charge on any atom is -0.326 e. The van der Waals surface area contributed by atoms with E-state index in [0.29, 0.717) is 12.6 Å². The summed E-state index contributed by atoms with van der Waals surface area (Å²) < 4.78 is 13.9. The maximum Gasteiger partial charge on any atom is 0.127 e. The molecule has 3 rings (SSSR count). The summed E-state index contributed by atoms with van der Waals surface area (Å²) in [6.45, 7) is 2.35. The van der Waals surface area contributed by atoms with E-state index in [9.17, 15) is 4.39 Å². The summed E-state index contributed by atoms with van der Waals surface area (Å²) in [6, 6.07) is 5.98. The van der Waals surface area contributed by atoms with Crippen LogP contribution in [0.2, 0.25) is 0 Å². The van der Waals surface area contributed by atoms with E-state index in [4.69, 9.17) is 5.73 Å². The van der Waals surface area contributed by atoms with Gasteiger partial charge in [-0.3, -0.25) is 4.90 Å². The molecule has 0 bridgehead atoms. The molecule has 2 aliphatic rings. The lowest BCUT2D eigenvalue weighted by Crippen LogP contribution is -2.42. The van der Waals surface area contributed by atoms with Gasteiger partial charge in [0.05, 0.1) is 0 Å². The van der Waals surface area contributed by atoms with Crippen molar-refractivity contribution in [3.05, 3.63) is 35.1 Å². The van der Waals surface area contributed by atoms with Crippen LogP contribution in [-0.4, -0.2) is 17.5 Å². The first-order valence-electron chi connectivity index (χ1n) is 7.49. The van der Waals surface area contributed by atoms with Crippen molar-refractivity contribution in [2.75, 3.05) is 6.54 Å². The Balaban J connectivity index is 1.76. The molecular weight excluding hydrogens is 239 g/mol. The molecule has 2 atom stereocenters. The molecule has 104 valence electrons. The van der Waals surface area contributed by atoms with E-state index in [-0.39, 0.29) is 5.82 Å². The Morgan fingerprint density at radius 1 is 1.21 bits per heavy atom. The molecule has 0 spiro atoms. The molecule has 1 heterocycles. The molecule has 1 aliphatic carbocycles. The minimum atomic E-state index is -0.0858. The number of piperidine rings is 1. The number of likely N-dealkylation sites (tertiary alicyclic amines) is 1. The summed E-state index contributed by atoms with van der Waals surface area (Å²) in [6.07, 6.45) is 6.64. The first-order valence-corrected chi connectivity index (χ1v) is 7.49. The van der Waals surface area contributed by atoms with Crippen molar-refractivity contribution in [1.82, 2.24) is 4.90 Å². The van der Waals surface area contributed by atoms with Gasteiger partial charge in [-0.1, -0.05) is 18.6 Å². The molecule has 19 heavy (non-hydrogen) atoms. The molecule has 1 aromatic rings. The van der Waals surface area contributed by atoms with Crippen molar-refractivity contribution in [3.8, 4) is 0 Å². The maximum atomic E-state index is 13.9. The molecule has 2 unspecified atom stereocenters. The van der Waals surface area contributed by atoms with Crippen LogP contribution in [0.1, 0.15) is 43.2 Å². The molecule has 2 N–H and O–H groups in total. The van der Waals surface area contributed by atoms with E-state index in [2.05, 4.69) is 4.90 Å². The first-order chi connectivity index (χ1) is 9.28. The van der Waals surface area contributed by atoms with E-state index >= 15 is 0 Å². The highest BCUT2D eigenvalue weighted by Gasteiger charge is 2.34. The highest BCUT2D eigenvalue weighted by molar-refractivity contribution is 5.25. The van der Waals surface area contributed by atoms with Gasteiger partial charge < -0.3 is 5.73 Å². The number of nitrogens with two attached hydrogens (primary N) is 1. The van der Waals surface area contributed by atoms with E-state index in [1.54, 1.807) is 12.1 Å². The SMILES string of the molecule is NCc1ccc(F)c(CN2CCCC3CCCC32)c1. The van der Waals surface area contributed by atoms with Crippen LogP contribution in [0.4, 0.5) is 4.39 Å². The Hall–Kier alpha value is -0.930. The van der Waals surface area contributed by atoms with Crippen molar-refractivity contribution < 1.29 is 4.39 Å². The highest BCUT2D eigenvalue weighted by atomic mass is 19.1.